The minimum absolute atomic E-state index is 0.0521. The molecule has 0 heterocycles. The van der Waals surface area contributed by atoms with Crippen molar-refractivity contribution < 1.29 is 37.6 Å². The topological polar surface area (TPSA) is 134 Å². The van der Waals surface area contributed by atoms with Crippen molar-refractivity contribution in [3.05, 3.63) is 97.2 Å². The number of phosphoric acid groups is 1. The van der Waals surface area contributed by atoms with Crippen LogP contribution < -0.4 is 5.73 Å². The summed E-state index contributed by atoms with van der Waals surface area (Å²) in [4.78, 5) is 35.4. The van der Waals surface area contributed by atoms with Gasteiger partial charge in [0.1, 0.15) is 6.61 Å². The van der Waals surface area contributed by atoms with Crippen LogP contribution in [-0.2, 0) is 32.7 Å². The maximum Gasteiger partial charge on any atom is 0.472 e. The second-order valence-electron chi connectivity index (χ2n) is 23.7. The zero-order valence-corrected chi connectivity index (χ0v) is 56.2. The normalized spacial score (nSPS) is 13.5. The molecule has 0 spiro atoms. The maximum absolute atomic E-state index is 12.8. The number of carbonyl (C=O) groups excluding carboxylic acids is 2. The summed E-state index contributed by atoms with van der Waals surface area (Å²) in [6.45, 7) is 3.56. The van der Waals surface area contributed by atoms with Crippen molar-refractivity contribution >= 4 is 19.8 Å². The summed E-state index contributed by atoms with van der Waals surface area (Å²) in [5, 5.41) is 0. The van der Waals surface area contributed by atoms with Gasteiger partial charge in [-0.05, 0) is 89.9 Å². The average Bonchev–Trinajstić information content (AvgIpc) is 3.53. The fraction of sp³-hybridized carbons (Fsp3) is 0.760. The van der Waals surface area contributed by atoms with Crippen LogP contribution in [0.3, 0.4) is 0 Å². The second-order valence-corrected chi connectivity index (χ2v) is 25.1. The van der Waals surface area contributed by atoms with Crippen LogP contribution in [0.2, 0.25) is 0 Å². The van der Waals surface area contributed by atoms with Crippen molar-refractivity contribution in [3.63, 3.8) is 0 Å². The number of allylic oxidation sites excluding steroid dienone is 16. The highest BCUT2D eigenvalue weighted by atomic mass is 31.2. The van der Waals surface area contributed by atoms with Crippen molar-refractivity contribution in [2.45, 2.75) is 341 Å². The summed E-state index contributed by atoms with van der Waals surface area (Å²) < 4.78 is 33.2. The summed E-state index contributed by atoms with van der Waals surface area (Å²) in [7, 11) is -4.40. The van der Waals surface area contributed by atoms with Crippen molar-refractivity contribution in [2.24, 2.45) is 5.73 Å². The van der Waals surface area contributed by atoms with Crippen LogP contribution in [-0.4, -0.2) is 49.3 Å². The minimum Gasteiger partial charge on any atom is -0.462 e. The van der Waals surface area contributed by atoms with Crippen molar-refractivity contribution in [1.82, 2.24) is 0 Å². The molecular formula is C75H134NO8P. The van der Waals surface area contributed by atoms with Gasteiger partial charge in [0.05, 0.1) is 13.2 Å². The molecule has 0 fully saturated rings. The first-order valence-electron chi connectivity index (χ1n) is 35.7. The lowest BCUT2D eigenvalue weighted by molar-refractivity contribution is -0.161. The summed E-state index contributed by atoms with van der Waals surface area (Å²) in [5.41, 5.74) is 5.40. The molecular weight excluding hydrogens is 1070 g/mol. The van der Waals surface area contributed by atoms with E-state index in [1.165, 1.54) is 218 Å². The SMILES string of the molecule is CC/C=C\C/C=C\C/C=C\C/C=C\CCCCCCCCCCCCCCCCCCCCCCCCCCCCC(=O)OC(COC(=O)CCCCCCCCCCCCCC/C=C\C/C=C\C/C=C\C/C=C\CC)COP(=O)(O)OCCN. The van der Waals surface area contributed by atoms with E-state index in [4.69, 9.17) is 24.3 Å². The zero-order chi connectivity index (χ0) is 61.6. The number of phosphoric ester groups is 1. The number of rotatable bonds is 67. The highest BCUT2D eigenvalue weighted by Gasteiger charge is 2.26. The highest BCUT2D eigenvalue weighted by Crippen LogP contribution is 2.43. The van der Waals surface area contributed by atoms with Gasteiger partial charge in [-0.15, -0.1) is 0 Å². The summed E-state index contributed by atoms with van der Waals surface area (Å²) in [6, 6.07) is 0. The van der Waals surface area contributed by atoms with Gasteiger partial charge in [-0.3, -0.25) is 18.6 Å². The summed E-state index contributed by atoms with van der Waals surface area (Å²) >= 11 is 0. The molecule has 10 heteroatoms. The molecule has 0 aromatic heterocycles. The van der Waals surface area contributed by atoms with E-state index in [1.807, 2.05) is 0 Å². The first-order chi connectivity index (χ1) is 41.8. The molecule has 0 rings (SSSR count). The summed E-state index contributed by atoms with van der Waals surface area (Å²) in [5.74, 6) is -0.818. The number of hydrogen-bond acceptors (Lipinski definition) is 8. The monoisotopic (exact) mass is 1210 g/mol. The summed E-state index contributed by atoms with van der Waals surface area (Å²) in [6.07, 6.45) is 95.2. The fourth-order valence-electron chi connectivity index (χ4n) is 10.3. The molecule has 0 aliphatic heterocycles. The van der Waals surface area contributed by atoms with Crippen LogP contribution in [0.4, 0.5) is 0 Å². The fourth-order valence-corrected chi connectivity index (χ4v) is 11.0. The Morgan fingerprint density at radius 1 is 0.353 bits per heavy atom. The van der Waals surface area contributed by atoms with Gasteiger partial charge in [0.15, 0.2) is 6.10 Å². The third-order valence-corrected chi connectivity index (χ3v) is 16.4. The lowest BCUT2D eigenvalue weighted by Crippen LogP contribution is -2.29. The van der Waals surface area contributed by atoms with Crippen LogP contribution >= 0.6 is 7.82 Å². The van der Waals surface area contributed by atoms with Gasteiger partial charge in [-0.1, -0.05) is 329 Å². The molecule has 9 nitrogen and oxygen atoms in total. The molecule has 0 aliphatic rings. The molecule has 3 N–H and O–H groups in total. The number of ether oxygens (including phenoxy) is 2. The molecule has 0 aromatic carbocycles. The lowest BCUT2D eigenvalue weighted by Gasteiger charge is -2.19. The van der Waals surface area contributed by atoms with E-state index in [1.54, 1.807) is 0 Å². The molecule has 0 aliphatic carbocycles. The van der Waals surface area contributed by atoms with Crippen LogP contribution in [0.5, 0.6) is 0 Å². The Morgan fingerprint density at radius 3 is 0.906 bits per heavy atom. The van der Waals surface area contributed by atoms with E-state index in [-0.39, 0.29) is 38.6 Å². The Labute approximate surface area is 525 Å². The van der Waals surface area contributed by atoms with Gasteiger partial charge in [0, 0.05) is 19.4 Å². The van der Waals surface area contributed by atoms with Gasteiger partial charge >= 0.3 is 19.8 Å². The smallest absolute Gasteiger partial charge is 0.462 e. The second kappa shape index (κ2) is 70.0. The highest BCUT2D eigenvalue weighted by molar-refractivity contribution is 7.47. The molecule has 492 valence electrons. The van der Waals surface area contributed by atoms with E-state index in [0.29, 0.717) is 6.42 Å². The Bertz CT molecular complexity index is 1720. The zero-order valence-electron chi connectivity index (χ0n) is 55.3. The van der Waals surface area contributed by atoms with E-state index in [9.17, 15) is 19.0 Å². The van der Waals surface area contributed by atoms with E-state index < -0.39 is 26.5 Å². The first kappa shape index (κ1) is 81.9. The van der Waals surface area contributed by atoms with Crippen LogP contribution in [0.1, 0.15) is 335 Å². The minimum atomic E-state index is -4.40. The van der Waals surface area contributed by atoms with Gasteiger partial charge in [0.2, 0.25) is 0 Å². The largest absolute Gasteiger partial charge is 0.472 e. The Hall–Kier alpha value is -3.07. The number of unbranched alkanes of at least 4 members (excludes halogenated alkanes) is 38. The number of esters is 2. The van der Waals surface area contributed by atoms with Crippen LogP contribution in [0.25, 0.3) is 0 Å². The average molecular weight is 1210 g/mol. The predicted molar refractivity (Wildman–Crippen MR) is 367 cm³/mol. The molecule has 85 heavy (non-hydrogen) atoms. The number of hydrogen-bond donors (Lipinski definition) is 2. The quantitative estimate of drug-likeness (QED) is 0.0264. The van der Waals surface area contributed by atoms with Gasteiger partial charge in [-0.2, -0.15) is 0 Å². The van der Waals surface area contributed by atoms with Crippen LogP contribution in [0, 0.1) is 0 Å². The van der Waals surface area contributed by atoms with Crippen molar-refractivity contribution in [1.29, 1.82) is 0 Å². The van der Waals surface area contributed by atoms with Crippen molar-refractivity contribution in [2.75, 3.05) is 26.4 Å². The molecule has 0 saturated heterocycles. The third kappa shape index (κ3) is 69.9. The molecule has 0 saturated carbocycles. The molecule has 2 unspecified atom stereocenters. The van der Waals surface area contributed by atoms with E-state index >= 15 is 0 Å². The number of nitrogens with two attached hydrogens (primary N) is 1. The third-order valence-electron chi connectivity index (χ3n) is 15.5. The molecule has 0 bridgehead atoms. The first-order valence-corrected chi connectivity index (χ1v) is 37.2. The Morgan fingerprint density at radius 2 is 0.612 bits per heavy atom. The van der Waals surface area contributed by atoms with Gasteiger partial charge < -0.3 is 20.1 Å². The lowest BCUT2D eigenvalue weighted by atomic mass is 10.0. The molecule has 2 atom stereocenters. The molecule has 0 radical (unpaired) electrons. The predicted octanol–water partition coefficient (Wildman–Crippen LogP) is 23.5. The van der Waals surface area contributed by atoms with Crippen molar-refractivity contribution in [3.8, 4) is 0 Å². The Kier molecular flexibility index (Phi) is 67.5. The maximum atomic E-state index is 12.8. The van der Waals surface area contributed by atoms with Gasteiger partial charge in [0.25, 0.3) is 0 Å². The molecule has 0 amide bonds. The molecule has 0 aromatic rings. The Balaban J connectivity index is 3.80. The van der Waals surface area contributed by atoms with Crippen LogP contribution in [0.15, 0.2) is 97.2 Å². The van der Waals surface area contributed by atoms with E-state index in [2.05, 4.69) is 111 Å². The van der Waals surface area contributed by atoms with E-state index in [0.717, 1.165) is 83.5 Å². The standard InChI is InChI=1S/C75H134NO8P/c1-3-5-7-9-11-13-15-17-19-21-23-25-27-29-30-31-32-33-34-35-36-37-38-39-40-41-42-44-46-48-50-52-54-56-58-60-62-64-66-68-75(78)84-73(72-83-85(79,80)82-70-69-76)71-81-74(77)67-65-63-61-59-57-55-53-51-49-47-45-43-28-26-24-22-20-18-16-14-12-10-8-6-4-2/h5-8,11-14,17-20,23-26,73H,3-4,9-10,15-16,21-22,27-72,76H2,1-2H3,(H,79,80)/b7-5-,8-6-,13-11-,14-12-,19-17-,20-18-,25-23-,26-24-. The van der Waals surface area contributed by atoms with Gasteiger partial charge in [-0.25, -0.2) is 4.57 Å². The number of carbonyl (C=O) groups is 2.